The molecule has 1 rings (SSSR count). The van der Waals surface area contributed by atoms with Crippen molar-refractivity contribution in [3.8, 4) is 0 Å². The summed E-state index contributed by atoms with van der Waals surface area (Å²) in [5.41, 5.74) is 0. The molecule has 0 amide bonds. The van der Waals surface area contributed by atoms with Crippen LogP contribution >= 0.6 is 0 Å². The Morgan fingerprint density at radius 2 is 2.20 bits per heavy atom. The van der Waals surface area contributed by atoms with Crippen LogP contribution in [0, 0.1) is 5.92 Å². The van der Waals surface area contributed by atoms with Gasteiger partial charge in [-0.15, -0.1) is 13.2 Å². The number of hydrogen-bond acceptors (Lipinski definition) is 2. The van der Waals surface area contributed by atoms with E-state index >= 15 is 0 Å². The number of carbonyl (C=O) groups excluding carboxylic acids is 1. The molecule has 0 aromatic carbocycles. The summed E-state index contributed by atoms with van der Waals surface area (Å²) in [7, 11) is 0. The smallest absolute Gasteiger partial charge is 0.138 e. The number of aliphatic hydroxyl groups is 1. The summed E-state index contributed by atoms with van der Waals surface area (Å²) in [6.07, 6.45) is 2.56. The third-order valence-electron chi connectivity index (χ3n) is 1.65. The maximum Gasteiger partial charge on any atom is 0.138 e. The molecule has 58 valence electrons. The first-order valence-electron chi connectivity index (χ1n) is 3.48. The lowest BCUT2D eigenvalue weighted by Crippen LogP contribution is -2.09. The van der Waals surface area contributed by atoms with Crippen molar-refractivity contribution in [2.24, 2.45) is 5.92 Å². The van der Waals surface area contributed by atoms with Gasteiger partial charge in [-0.1, -0.05) is 0 Å². The van der Waals surface area contributed by atoms with Crippen molar-refractivity contribution in [3.63, 3.8) is 0 Å². The summed E-state index contributed by atoms with van der Waals surface area (Å²) < 4.78 is 0. The first-order chi connectivity index (χ1) is 4.84. The molecule has 10 heavy (non-hydrogen) atoms. The van der Waals surface area contributed by atoms with Gasteiger partial charge in [-0.05, 0) is 12.8 Å². The summed E-state index contributed by atoms with van der Waals surface area (Å²) in [5.74, 6) is 0.225. The van der Waals surface area contributed by atoms with Gasteiger partial charge in [-0.3, -0.25) is 4.79 Å². The molecule has 0 aliphatic heterocycles. The summed E-state index contributed by atoms with van der Waals surface area (Å²) in [4.78, 5) is 10.6. The molecule has 0 aromatic rings. The Morgan fingerprint density at radius 1 is 1.60 bits per heavy atom. The molecule has 1 aliphatic rings. The number of hydrogen-bond donors (Lipinski definition) is 1. The van der Waals surface area contributed by atoms with Crippen LogP contribution in [-0.4, -0.2) is 17.5 Å². The van der Waals surface area contributed by atoms with E-state index < -0.39 is 0 Å². The molecule has 0 bridgehead atoms. The molecule has 1 atom stereocenters. The second-order valence-corrected chi connectivity index (χ2v) is 2.24. The quantitative estimate of drug-likeness (QED) is 0.558. The van der Waals surface area contributed by atoms with Gasteiger partial charge in [0.15, 0.2) is 0 Å². The van der Waals surface area contributed by atoms with E-state index in [1.54, 1.807) is 0 Å². The van der Waals surface area contributed by atoms with Crippen LogP contribution in [-0.2, 0) is 4.79 Å². The molecule has 0 saturated heterocycles. The average molecular weight is 142 g/mol. The van der Waals surface area contributed by atoms with Crippen molar-refractivity contribution >= 4 is 5.78 Å². The molecular weight excluding hydrogens is 128 g/mol. The summed E-state index contributed by atoms with van der Waals surface area (Å²) in [5, 5.41) is 8.52. The molecule has 1 fully saturated rings. The molecule has 0 heterocycles. The Morgan fingerprint density at radius 3 is 2.40 bits per heavy atom. The normalized spacial score (nSPS) is 23.7. The highest BCUT2D eigenvalue weighted by molar-refractivity contribution is 5.82. The minimum Gasteiger partial charge on any atom is -0.396 e. The van der Waals surface area contributed by atoms with Crippen molar-refractivity contribution in [2.45, 2.75) is 19.3 Å². The number of rotatable bonds is 1. The number of ketones is 1. The molecule has 0 radical (unpaired) electrons. The Labute approximate surface area is 61.6 Å². The van der Waals surface area contributed by atoms with Gasteiger partial charge >= 0.3 is 0 Å². The molecule has 0 spiro atoms. The predicted octanol–water partition coefficient (Wildman–Crippen LogP) is 1.15. The van der Waals surface area contributed by atoms with E-state index in [0.29, 0.717) is 6.42 Å². The molecule has 2 heteroatoms. The van der Waals surface area contributed by atoms with Crippen LogP contribution in [0.25, 0.3) is 0 Å². The van der Waals surface area contributed by atoms with Gasteiger partial charge < -0.3 is 5.11 Å². The summed E-state index contributed by atoms with van der Waals surface area (Å²) >= 11 is 0. The molecule has 1 saturated carbocycles. The minimum absolute atomic E-state index is 0.0185. The second-order valence-electron chi connectivity index (χ2n) is 2.24. The molecule has 2 nitrogen and oxygen atoms in total. The van der Waals surface area contributed by atoms with E-state index in [4.69, 9.17) is 5.11 Å². The first kappa shape index (κ1) is 9.37. The van der Waals surface area contributed by atoms with E-state index in [0.717, 1.165) is 12.8 Å². The highest BCUT2D eigenvalue weighted by Gasteiger charge is 2.22. The molecule has 0 aromatic heterocycles. The standard InChI is InChI=1S/C6H10O2.C2H4/c7-4-5-2-1-3-6(5)8;1-2/h5,7H,1-4H2;1-2H2. The second kappa shape index (κ2) is 5.18. The van der Waals surface area contributed by atoms with Crippen LogP contribution in [0.3, 0.4) is 0 Å². The predicted molar refractivity (Wildman–Crippen MR) is 40.7 cm³/mol. The zero-order valence-electron chi connectivity index (χ0n) is 6.18. The molecule has 1 aliphatic carbocycles. The van der Waals surface area contributed by atoms with Crippen molar-refractivity contribution < 1.29 is 9.90 Å². The Kier molecular flexibility index (Phi) is 4.85. The fraction of sp³-hybridized carbons (Fsp3) is 0.625. The molecule has 1 unspecified atom stereocenters. The first-order valence-corrected chi connectivity index (χ1v) is 3.48. The van der Waals surface area contributed by atoms with E-state index in [1.807, 2.05) is 0 Å². The van der Waals surface area contributed by atoms with Gasteiger partial charge in [0.05, 0.1) is 6.61 Å². The van der Waals surface area contributed by atoms with Crippen molar-refractivity contribution in [1.29, 1.82) is 0 Å². The largest absolute Gasteiger partial charge is 0.396 e. The van der Waals surface area contributed by atoms with Gasteiger partial charge in [0.25, 0.3) is 0 Å². The number of aliphatic hydroxyl groups excluding tert-OH is 1. The number of carbonyl (C=O) groups is 1. The van der Waals surface area contributed by atoms with Gasteiger partial charge in [-0.2, -0.15) is 0 Å². The highest BCUT2D eigenvalue weighted by atomic mass is 16.3. The third kappa shape index (κ3) is 2.31. The molecule has 1 N–H and O–H groups in total. The van der Waals surface area contributed by atoms with Gasteiger partial charge in [0, 0.05) is 12.3 Å². The van der Waals surface area contributed by atoms with Crippen LogP contribution < -0.4 is 0 Å². The van der Waals surface area contributed by atoms with Crippen LogP contribution in [0.5, 0.6) is 0 Å². The Bertz CT molecular complexity index is 110. The van der Waals surface area contributed by atoms with Gasteiger partial charge in [0.2, 0.25) is 0 Å². The Hall–Kier alpha value is -0.630. The fourth-order valence-electron chi connectivity index (χ4n) is 1.08. The summed E-state index contributed by atoms with van der Waals surface area (Å²) in [6.45, 7) is 6.05. The van der Waals surface area contributed by atoms with E-state index in [1.165, 1.54) is 0 Å². The van der Waals surface area contributed by atoms with Crippen LogP contribution in [0.1, 0.15) is 19.3 Å². The van der Waals surface area contributed by atoms with E-state index in [2.05, 4.69) is 13.2 Å². The maximum atomic E-state index is 10.6. The van der Waals surface area contributed by atoms with E-state index in [-0.39, 0.29) is 18.3 Å². The van der Waals surface area contributed by atoms with Crippen LogP contribution in [0.15, 0.2) is 13.2 Å². The Balaban J connectivity index is 0.000000371. The lowest BCUT2D eigenvalue weighted by Gasteiger charge is -1.98. The van der Waals surface area contributed by atoms with Crippen LogP contribution in [0.2, 0.25) is 0 Å². The van der Waals surface area contributed by atoms with E-state index in [9.17, 15) is 4.79 Å². The average Bonchev–Trinajstić information content (AvgIpc) is 2.39. The van der Waals surface area contributed by atoms with Crippen molar-refractivity contribution in [3.05, 3.63) is 13.2 Å². The van der Waals surface area contributed by atoms with Crippen LogP contribution in [0.4, 0.5) is 0 Å². The van der Waals surface area contributed by atoms with Gasteiger partial charge in [-0.25, -0.2) is 0 Å². The lowest BCUT2D eigenvalue weighted by atomic mass is 10.1. The zero-order chi connectivity index (χ0) is 7.98. The lowest BCUT2D eigenvalue weighted by molar-refractivity contribution is -0.121. The minimum atomic E-state index is -0.0185. The van der Waals surface area contributed by atoms with Gasteiger partial charge in [0.1, 0.15) is 5.78 Å². The molecular formula is C8H14O2. The third-order valence-corrected chi connectivity index (χ3v) is 1.65. The summed E-state index contributed by atoms with van der Waals surface area (Å²) in [6, 6.07) is 0. The topological polar surface area (TPSA) is 37.3 Å². The SMILES string of the molecule is C=C.O=C1CCCC1CO. The van der Waals surface area contributed by atoms with Crippen molar-refractivity contribution in [2.75, 3.05) is 6.61 Å². The maximum absolute atomic E-state index is 10.6. The zero-order valence-corrected chi connectivity index (χ0v) is 6.18. The highest BCUT2D eigenvalue weighted by Crippen LogP contribution is 2.19. The number of Topliss-reactive ketones (excluding diaryl/α,β-unsaturated/α-hetero) is 1. The van der Waals surface area contributed by atoms with Crippen molar-refractivity contribution in [1.82, 2.24) is 0 Å². The monoisotopic (exact) mass is 142 g/mol. The fourth-order valence-corrected chi connectivity index (χ4v) is 1.08.